The standard InChI is InChI=1S/C33H40N2O9/c1-38-19-7-8-20-21-9-10-35-16-18-13-27(44-32(36)17-11-25(39-2)30(41-4)26(12-17)40-3)31(42-5)28(33(37)43-6)22(18)15-24(35)29(21)34-23(20)14-19/h7-8,11-12,14,18,22,24,27-28,31,34H,9-10,13,15-16H2,1-6H3/t18-,22+,24-,27-,28+,31+/m1/s1/i7D,8D,11D,12D,14D,24D. The largest absolute Gasteiger partial charge is 0.497 e. The molecule has 2 aromatic carbocycles. The lowest BCUT2D eigenvalue weighted by Gasteiger charge is -2.52. The number of benzene rings is 2. The van der Waals surface area contributed by atoms with Crippen LogP contribution in [0.25, 0.3) is 10.9 Å². The van der Waals surface area contributed by atoms with Crippen molar-refractivity contribution in [3.05, 3.63) is 47.0 Å². The summed E-state index contributed by atoms with van der Waals surface area (Å²) in [6.07, 6.45) is -1.10. The van der Waals surface area contributed by atoms with Gasteiger partial charge in [0.25, 0.3) is 0 Å². The lowest BCUT2D eigenvalue weighted by atomic mass is 9.63. The highest BCUT2D eigenvalue weighted by atomic mass is 16.6. The van der Waals surface area contributed by atoms with Crippen molar-refractivity contribution in [3.8, 4) is 23.0 Å². The molecule has 0 spiro atoms. The predicted octanol–water partition coefficient (Wildman–Crippen LogP) is 4.17. The van der Waals surface area contributed by atoms with Crippen molar-refractivity contribution in [2.24, 2.45) is 17.8 Å². The van der Waals surface area contributed by atoms with E-state index in [0.29, 0.717) is 41.7 Å². The number of nitrogens with zero attached hydrogens (tertiary/aromatic N) is 1. The summed E-state index contributed by atoms with van der Waals surface area (Å²) >= 11 is 0. The summed E-state index contributed by atoms with van der Waals surface area (Å²) in [6.45, 7) is 0.794. The number of piperidine rings is 1. The molecule has 6 rings (SSSR count). The lowest BCUT2D eigenvalue weighted by molar-refractivity contribution is -0.176. The number of aromatic amines is 1. The summed E-state index contributed by atoms with van der Waals surface area (Å²) in [5.74, 6) is -3.52. The maximum atomic E-state index is 13.8. The van der Waals surface area contributed by atoms with Gasteiger partial charge in [-0.05, 0) is 60.8 Å². The molecular weight excluding hydrogens is 568 g/mol. The summed E-state index contributed by atoms with van der Waals surface area (Å²) in [7, 11) is 7.93. The topological polar surface area (TPSA) is 118 Å². The number of hydrogen-bond donors (Lipinski definition) is 1. The van der Waals surface area contributed by atoms with Crippen molar-refractivity contribution < 1.29 is 51.0 Å². The van der Waals surface area contributed by atoms with E-state index in [1.807, 2.05) is 4.90 Å². The number of aromatic nitrogens is 1. The molecule has 0 amide bonds. The monoisotopic (exact) mass is 614 g/mol. The van der Waals surface area contributed by atoms with Crippen LogP contribution in [0.3, 0.4) is 0 Å². The van der Waals surface area contributed by atoms with E-state index in [9.17, 15) is 11.0 Å². The molecule has 1 aliphatic carbocycles. The molecule has 1 saturated carbocycles. The zero-order valence-corrected chi connectivity index (χ0v) is 25.5. The van der Waals surface area contributed by atoms with Crippen LogP contribution in [0.2, 0.25) is 0 Å². The van der Waals surface area contributed by atoms with Gasteiger partial charge in [-0.2, -0.15) is 0 Å². The number of esters is 2. The van der Waals surface area contributed by atoms with E-state index >= 15 is 0 Å². The van der Waals surface area contributed by atoms with Gasteiger partial charge in [0.1, 0.15) is 18.0 Å². The number of ether oxygens (including phenoxy) is 7. The molecule has 44 heavy (non-hydrogen) atoms. The third-order valence-corrected chi connectivity index (χ3v) is 9.07. The van der Waals surface area contributed by atoms with Crippen molar-refractivity contribution in [1.29, 1.82) is 0 Å². The van der Waals surface area contributed by atoms with Crippen LogP contribution in [0.15, 0.2) is 30.2 Å². The molecule has 0 unspecified atom stereocenters. The molecule has 3 aliphatic rings. The Hall–Kier alpha value is -3.96. The van der Waals surface area contributed by atoms with Crippen LogP contribution in [0.5, 0.6) is 23.0 Å². The molecule has 11 heteroatoms. The second kappa shape index (κ2) is 12.2. The van der Waals surface area contributed by atoms with Gasteiger partial charge in [0.05, 0.1) is 61.3 Å². The Kier molecular flexibility index (Phi) is 6.50. The molecule has 0 bridgehead atoms. The molecule has 2 fully saturated rings. The Morgan fingerprint density at radius 3 is 2.36 bits per heavy atom. The Bertz CT molecular complexity index is 1840. The normalized spacial score (nSPS) is 29.7. The van der Waals surface area contributed by atoms with Gasteiger partial charge in [0.2, 0.25) is 5.75 Å². The van der Waals surface area contributed by atoms with Crippen molar-refractivity contribution in [2.45, 2.75) is 37.5 Å². The quantitative estimate of drug-likeness (QED) is 0.371. The fourth-order valence-corrected chi connectivity index (χ4v) is 7.10. The molecular formula is C33H40N2O9. The maximum absolute atomic E-state index is 13.8. The van der Waals surface area contributed by atoms with Crippen molar-refractivity contribution in [1.82, 2.24) is 9.88 Å². The number of fused-ring (bicyclic) bond motifs is 6. The highest BCUT2D eigenvalue weighted by Crippen LogP contribution is 2.51. The van der Waals surface area contributed by atoms with E-state index in [-0.39, 0.29) is 59.9 Å². The molecule has 11 nitrogen and oxygen atoms in total. The second-order valence-electron chi connectivity index (χ2n) is 11.1. The van der Waals surface area contributed by atoms with E-state index in [1.54, 1.807) is 0 Å². The van der Waals surface area contributed by atoms with Crippen LogP contribution >= 0.6 is 0 Å². The van der Waals surface area contributed by atoms with Crippen LogP contribution in [-0.2, 0) is 25.4 Å². The highest BCUT2D eigenvalue weighted by Gasteiger charge is 2.54. The van der Waals surface area contributed by atoms with E-state index in [4.69, 9.17) is 40.0 Å². The van der Waals surface area contributed by atoms with Gasteiger partial charge in [0.15, 0.2) is 11.5 Å². The average Bonchev–Trinajstić information content (AvgIpc) is 3.50. The van der Waals surface area contributed by atoms with E-state index in [2.05, 4.69) is 4.98 Å². The minimum atomic E-state index is -1.38. The SMILES string of the molecule is [2H]c1c(OC)c(OC)c(OC)c([2H])c1C(=O)O[C@@H]1C[C@@H]2CN3CCc4c([nH]c5c([2H])c(OC)c([2H])c([2H])c45)[C@@]3([2H])C[C@@H]2[C@H](C(=O)OC)[C@H]1OC. The summed E-state index contributed by atoms with van der Waals surface area (Å²) in [5, 5.41) is 0.424. The van der Waals surface area contributed by atoms with E-state index < -0.39 is 59.6 Å². The van der Waals surface area contributed by atoms with Crippen LogP contribution in [-0.4, -0.2) is 89.8 Å². The molecule has 3 aromatic rings. The molecule has 236 valence electrons. The first-order chi connectivity index (χ1) is 23.8. The Balaban J connectivity index is 1.38. The lowest BCUT2D eigenvalue weighted by Crippen LogP contribution is -2.58. The number of rotatable bonds is 8. The molecule has 1 aromatic heterocycles. The Labute approximate surface area is 265 Å². The fraction of sp³-hybridized carbons (Fsp3) is 0.515. The Morgan fingerprint density at radius 1 is 0.977 bits per heavy atom. The van der Waals surface area contributed by atoms with Gasteiger partial charge in [-0.1, -0.05) is 0 Å². The van der Waals surface area contributed by atoms with Crippen molar-refractivity contribution >= 4 is 22.8 Å². The van der Waals surface area contributed by atoms with Crippen molar-refractivity contribution in [2.75, 3.05) is 55.7 Å². The minimum absolute atomic E-state index is 0.0134. The number of carbonyl (C=O) groups excluding carboxylic acids is 2. The fourth-order valence-electron chi connectivity index (χ4n) is 7.10. The summed E-state index contributed by atoms with van der Waals surface area (Å²) < 4.78 is 91.4. The first-order valence-corrected chi connectivity index (χ1v) is 14.4. The zero-order chi connectivity index (χ0) is 36.4. The second-order valence-corrected chi connectivity index (χ2v) is 11.1. The van der Waals surface area contributed by atoms with Crippen LogP contribution in [0.4, 0.5) is 0 Å². The van der Waals surface area contributed by atoms with Crippen LogP contribution < -0.4 is 18.9 Å². The maximum Gasteiger partial charge on any atom is 0.338 e. The van der Waals surface area contributed by atoms with Gasteiger partial charge >= 0.3 is 11.9 Å². The minimum Gasteiger partial charge on any atom is -0.497 e. The molecule has 0 radical (unpaired) electrons. The first-order valence-electron chi connectivity index (χ1n) is 17.4. The van der Waals surface area contributed by atoms with E-state index in [0.717, 1.165) is 0 Å². The summed E-state index contributed by atoms with van der Waals surface area (Å²) in [6, 6.07) is -2.56. The molecule has 2 aliphatic heterocycles. The van der Waals surface area contributed by atoms with Crippen LogP contribution in [0, 0.1) is 17.8 Å². The van der Waals surface area contributed by atoms with Gasteiger partial charge in [-0.25, -0.2) is 4.79 Å². The molecule has 1 saturated heterocycles. The molecule has 1 N–H and O–H groups in total. The van der Waals surface area contributed by atoms with Gasteiger partial charge in [-0.15, -0.1) is 0 Å². The smallest absolute Gasteiger partial charge is 0.338 e. The highest BCUT2D eigenvalue weighted by molar-refractivity contribution is 5.91. The number of H-pyrrole nitrogens is 1. The summed E-state index contributed by atoms with van der Waals surface area (Å²) in [4.78, 5) is 32.6. The zero-order valence-electron chi connectivity index (χ0n) is 31.5. The molecule has 6 atom stereocenters. The van der Waals surface area contributed by atoms with Gasteiger partial charge in [0, 0.05) is 42.8 Å². The van der Waals surface area contributed by atoms with Gasteiger partial charge in [-0.3, -0.25) is 9.69 Å². The third-order valence-electron chi connectivity index (χ3n) is 9.07. The summed E-state index contributed by atoms with van der Waals surface area (Å²) in [5.41, 5.74) is 1.12. The number of hydrogen-bond acceptors (Lipinski definition) is 10. The van der Waals surface area contributed by atoms with Crippen LogP contribution in [0.1, 0.15) is 48.7 Å². The first kappa shape index (κ1) is 23.4. The number of nitrogens with one attached hydrogen (secondary N) is 1. The van der Waals surface area contributed by atoms with E-state index in [1.165, 1.54) is 42.7 Å². The average molecular weight is 615 g/mol. The van der Waals surface area contributed by atoms with Crippen molar-refractivity contribution in [3.63, 3.8) is 0 Å². The third kappa shape index (κ3) is 5.01. The van der Waals surface area contributed by atoms with Gasteiger partial charge < -0.3 is 38.1 Å². The predicted molar refractivity (Wildman–Crippen MR) is 161 cm³/mol. The molecule has 3 heterocycles. The Morgan fingerprint density at radius 2 is 1.73 bits per heavy atom. The number of methoxy groups -OCH3 is 6. The number of carbonyl (C=O) groups is 2.